The van der Waals surface area contributed by atoms with Gasteiger partial charge in [-0.05, 0) is 74.8 Å². The van der Waals surface area contributed by atoms with Crippen LogP contribution in [0.15, 0.2) is 41.2 Å². The number of ether oxygens (including phenoxy) is 1. The summed E-state index contributed by atoms with van der Waals surface area (Å²) < 4.78 is 11.5. The molecule has 1 unspecified atom stereocenters. The van der Waals surface area contributed by atoms with E-state index in [1.807, 2.05) is 6.07 Å². The Kier molecular flexibility index (Phi) is 6.38. The largest absolute Gasteiger partial charge is 0.504 e. The highest BCUT2D eigenvalue weighted by atomic mass is 16.5. The molecule has 3 heterocycles. The van der Waals surface area contributed by atoms with Gasteiger partial charge in [-0.25, -0.2) is 9.59 Å². The number of nitrogens with one attached hydrogen (secondary N) is 1. The molecule has 5 atom stereocenters. The van der Waals surface area contributed by atoms with Gasteiger partial charge in [0.25, 0.3) is 0 Å². The van der Waals surface area contributed by atoms with Crippen molar-refractivity contribution in [1.29, 1.82) is 0 Å². The lowest BCUT2D eigenvalue weighted by atomic mass is 9.48. The van der Waals surface area contributed by atoms with Crippen LogP contribution in [-0.2, 0) is 26.2 Å². The zero-order valence-corrected chi connectivity index (χ0v) is 21.8. The molecule has 2 saturated carbocycles. The molecular weight excluding hydrogens is 520 g/mol. The molecule has 1 spiro atoms. The average Bonchev–Trinajstić information content (AvgIpc) is 3.42. The Balaban J connectivity index is 0.000000438. The van der Waals surface area contributed by atoms with Gasteiger partial charge in [-0.2, -0.15) is 0 Å². The highest BCUT2D eigenvalue weighted by Gasteiger charge is 2.73. The number of furan rings is 1. The lowest BCUT2D eigenvalue weighted by Gasteiger charge is -2.64. The summed E-state index contributed by atoms with van der Waals surface area (Å²) in [5.74, 6) is -2.47. The third-order valence-corrected chi connectivity index (χ3v) is 9.24. The zero-order valence-electron chi connectivity index (χ0n) is 21.8. The monoisotopic (exact) mass is 552 g/mol. The average molecular weight is 553 g/mol. The van der Waals surface area contributed by atoms with Gasteiger partial charge in [0.05, 0.1) is 29.6 Å². The molecular formula is C29H32N2O9. The molecule has 1 saturated heterocycles. The number of phenolic OH excluding ortho intramolecular Hbond substituents is 1. The second-order valence-electron chi connectivity index (χ2n) is 11.4. The summed E-state index contributed by atoms with van der Waals surface area (Å²) in [7, 11) is 0. The highest BCUT2D eigenvalue weighted by Crippen LogP contribution is 2.65. The summed E-state index contributed by atoms with van der Waals surface area (Å²) in [6.45, 7) is 1.95. The Labute approximate surface area is 230 Å². The molecule has 11 nitrogen and oxygen atoms in total. The molecule has 5 aliphatic rings. The molecule has 2 aliphatic heterocycles. The summed E-state index contributed by atoms with van der Waals surface area (Å²) >= 11 is 0. The van der Waals surface area contributed by atoms with E-state index in [0.717, 1.165) is 48.5 Å². The zero-order chi connectivity index (χ0) is 28.2. The van der Waals surface area contributed by atoms with E-state index in [4.69, 9.17) is 29.0 Å². The standard InChI is InChI=1S/C27H30N2O5.C2H2O4/c30-20-5-4-18-13-21-27(32)9-7-19(28-22(31)6-3-17-8-12-33-15-17)25-26(27,23(18)24(20)34-25)10-11-29(21)14-16-1-2-16;3-1(4)2(5)6/h3-6,8,12,15-16,19,21,25,30,32H,1-2,7,9-11,13-14H2,(H,28,31);(H,3,4)(H,5,6)/b6-3+;/t19-,21-,25+,26?,27-;/m1./s1. The first-order valence-corrected chi connectivity index (χ1v) is 13.6. The number of aliphatic carboxylic acids is 2. The fourth-order valence-electron chi connectivity index (χ4n) is 7.40. The summed E-state index contributed by atoms with van der Waals surface area (Å²) in [6.07, 6.45) is 11.3. The van der Waals surface area contributed by atoms with Gasteiger partial charge in [0.15, 0.2) is 11.5 Å². The Morgan fingerprint density at radius 2 is 1.88 bits per heavy atom. The van der Waals surface area contributed by atoms with E-state index < -0.39 is 29.1 Å². The van der Waals surface area contributed by atoms with Crippen molar-refractivity contribution in [3.05, 3.63) is 53.5 Å². The van der Waals surface area contributed by atoms with Crippen LogP contribution in [0.3, 0.4) is 0 Å². The molecule has 11 heteroatoms. The molecule has 5 N–H and O–H groups in total. The number of carboxylic acid groups (broad SMARTS) is 2. The van der Waals surface area contributed by atoms with Crippen molar-refractivity contribution in [2.24, 2.45) is 5.92 Å². The Bertz CT molecular complexity index is 1360. The number of likely N-dealkylation sites (tertiary alicyclic amines) is 1. The van der Waals surface area contributed by atoms with E-state index >= 15 is 0 Å². The molecule has 1 aromatic carbocycles. The molecule has 3 aliphatic carbocycles. The van der Waals surface area contributed by atoms with Gasteiger partial charge >= 0.3 is 11.9 Å². The predicted octanol–water partition coefficient (Wildman–Crippen LogP) is 1.90. The number of carbonyl (C=O) groups excluding carboxylic acids is 1. The quantitative estimate of drug-likeness (QED) is 0.273. The van der Waals surface area contributed by atoms with Crippen LogP contribution < -0.4 is 10.1 Å². The molecule has 0 radical (unpaired) electrons. The summed E-state index contributed by atoms with van der Waals surface area (Å²) in [4.78, 5) is 33.5. The molecule has 2 aromatic rings. The van der Waals surface area contributed by atoms with Crippen LogP contribution in [-0.4, -0.2) is 80.1 Å². The van der Waals surface area contributed by atoms with Crippen LogP contribution in [0.5, 0.6) is 11.5 Å². The second-order valence-corrected chi connectivity index (χ2v) is 11.4. The molecule has 7 rings (SSSR count). The number of amides is 1. The Morgan fingerprint density at radius 1 is 1.10 bits per heavy atom. The van der Waals surface area contributed by atoms with E-state index in [0.29, 0.717) is 18.6 Å². The van der Waals surface area contributed by atoms with Crippen molar-refractivity contribution in [2.45, 2.75) is 67.7 Å². The van der Waals surface area contributed by atoms with Crippen LogP contribution in [0, 0.1) is 5.92 Å². The van der Waals surface area contributed by atoms with Gasteiger partial charge in [0.2, 0.25) is 5.91 Å². The van der Waals surface area contributed by atoms with Crippen LogP contribution in [0.1, 0.15) is 48.8 Å². The second kappa shape index (κ2) is 9.67. The SMILES string of the molecule is O=C(/C=C/c1ccoc1)N[C@@H]1CC[C@@]2(O)[C@H]3Cc4ccc(O)c5c4C2(CCN3CC2CC2)[C@H]1O5.O=C(O)C(=O)O. The maximum atomic E-state index is 12.8. The number of nitrogens with zero attached hydrogens (tertiary/aromatic N) is 1. The number of rotatable bonds is 5. The van der Waals surface area contributed by atoms with Crippen molar-refractivity contribution >= 4 is 23.9 Å². The first-order valence-electron chi connectivity index (χ1n) is 13.6. The van der Waals surface area contributed by atoms with E-state index in [-0.39, 0.29) is 23.7 Å². The summed E-state index contributed by atoms with van der Waals surface area (Å²) in [6, 6.07) is 5.30. The number of aromatic hydroxyl groups is 1. The van der Waals surface area contributed by atoms with E-state index in [9.17, 15) is 15.0 Å². The van der Waals surface area contributed by atoms with Gasteiger partial charge < -0.3 is 34.9 Å². The maximum Gasteiger partial charge on any atom is 0.414 e. The van der Waals surface area contributed by atoms with Crippen molar-refractivity contribution in [1.82, 2.24) is 10.2 Å². The predicted molar refractivity (Wildman–Crippen MR) is 140 cm³/mol. The first kappa shape index (κ1) is 26.4. The number of phenols is 1. The van der Waals surface area contributed by atoms with Crippen molar-refractivity contribution in [3.8, 4) is 11.5 Å². The van der Waals surface area contributed by atoms with Gasteiger partial charge in [0.1, 0.15) is 6.10 Å². The fraction of sp³-hybridized carbons (Fsp3) is 0.483. The number of hydrogen-bond donors (Lipinski definition) is 5. The van der Waals surface area contributed by atoms with Crippen molar-refractivity contribution in [2.75, 3.05) is 13.1 Å². The topological polar surface area (TPSA) is 170 Å². The number of aliphatic hydroxyl groups is 1. The molecule has 1 amide bonds. The van der Waals surface area contributed by atoms with E-state index in [2.05, 4.69) is 10.2 Å². The summed E-state index contributed by atoms with van der Waals surface area (Å²) in [5.41, 5.74) is 1.41. The van der Waals surface area contributed by atoms with Gasteiger partial charge in [-0.1, -0.05) is 6.07 Å². The van der Waals surface area contributed by atoms with Crippen LogP contribution in [0.25, 0.3) is 6.08 Å². The lowest BCUT2D eigenvalue weighted by molar-refractivity contribution is -0.192. The van der Waals surface area contributed by atoms with Crippen molar-refractivity contribution in [3.63, 3.8) is 0 Å². The molecule has 3 fully saturated rings. The number of carbonyl (C=O) groups is 3. The minimum Gasteiger partial charge on any atom is -0.504 e. The number of piperidine rings is 1. The fourth-order valence-corrected chi connectivity index (χ4v) is 7.40. The normalized spacial score (nSPS) is 31.5. The van der Waals surface area contributed by atoms with E-state index in [1.54, 1.807) is 30.7 Å². The highest BCUT2D eigenvalue weighted by molar-refractivity contribution is 6.27. The maximum absolute atomic E-state index is 12.8. The van der Waals surface area contributed by atoms with Gasteiger partial charge in [-0.15, -0.1) is 0 Å². The molecule has 212 valence electrons. The van der Waals surface area contributed by atoms with Gasteiger partial charge in [0, 0.05) is 29.8 Å². The number of hydrogen-bond acceptors (Lipinski definition) is 8. The smallest absolute Gasteiger partial charge is 0.414 e. The van der Waals surface area contributed by atoms with Crippen LogP contribution in [0.2, 0.25) is 0 Å². The molecule has 2 bridgehead atoms. The minimum atomic E-state index is -1.82. The van der Waals surface area contributed by atoms with Crippen LogP contribution in [0.4, 0.5) is 0 Å². The third-order valence-electron chi connectivity index (χ3n) is 9.24. The lowest BCUT2D eigenvalue weighted by Crippen LogP contribution is -2.78. The van der Waals surface area contributed by atoms with Crippen molar-refractivity contribution < 1.29 is 44.0 Å². The number of carboxylic acids is 2. The Morgan fingerprint density at radius 3 is 2.55 bits per heavy atom. The molecule has 40 heavy (non-hydrogen) atoms. The van der Waals surface area contributed by atoms with E-state index in [1.165, 1.54) is 18.9 Å². The molecule has 1 aromatic heterocycles. The van der Waals surface area contributed by atoms with Crippen LogP contribution >= 0.6 is 0 Å². The summed E-state index contributed by atoms with van der Waals surface area (Å²) in [5, 5.41) is 41.1. The third kappa shape index (κ3) is 4.15. The first-order chi connectivity index (χ1) is 19.1. The Hall–Kier alpha value is -3.83. The van der Waals surface area contributed by atoms with Gasteiger partial charge in [-0.3, -0.25) is 9.69 Å². The number of benzene rings is 1. The minimum absolute atomic E-state index is 0.0357.